The molecule has 4 saturated carbocycles. The summed E-state index contributed by atoms with van der Waals surface area (Å²) < 4.78 is 1.25. The van der Waals surface area contributed by atoms with Gasteiger partial charge in [0.05, 0.1) is 0 Å². The molecule has 4 fully saturated rings. The summed E-state index contributed by atoms with van der Waals surface area (Å²) in [6.07, 6.45) is 7.47. The molecule has 4 aliphatic rings. The zero-order valence-electron chi connectivity index (χ0n) is 12.0. The highest BCUT2D eigenvalue weighted by molar-refractivity contribution is 9.10. The largest absolute Gasteiger partial charge is 0.330 e. The van der Waals surface area contributed by atoms with Crippen LogP contribution in [0.1, 0.15) is 43.6 Å². The van der Waals surface area contributed by atoms with Crippen LogP contribution in [0.2, 0.25) is 0 Å². The van der Waals surface area contributed by atoms with Crippen molar-refractivity contribution >= 4 is 15.9 Å². The molecule has 4 aliphatic carbocycles. The van der Waals surface area contributed by atoms with Crippen LogP contribution in [0.15, 0.2) is 28.7 Å². The van der Waals surface area contributed by atoms with Crippen molar-refractivity contribution < 1.29 is 0 Å². The zero-order valence-corrected chi connectivity index (χ0v) is 13.6. The van der Waals surface area contributed by atoms with Gasteiger partial charge in [0, 0.05) is 10.4 Å². The maximum Gasteiger partial charge on any atom is 0.0210 e. The molecule has 1 aromatic carbocycles. The van der Waals surface area contributed by atoms with Crippen LogP contribution in [0.4, 0.5) is 0 Å². The first-order valence-corrected chi connectivity index (χ1v) is 9.00. The molecule has 4 bridgehead atoms. The topological polar surface area (TPSA) is 26.0 Å². The second kappa shape index (κ2) is 5.14. The second-order valence-corrected chi connectivity index (χ2v) is 8.23. The van der Waals surface area contributed by atoms with E-state index in [0.29, 0.717) is 5.92 Å². The molecule has 0 saturated heterocycles. The first-order chi connectivity index (χ1) is 9.76. The Kier molecular flexibility index (Phi) is 3.42. The van der Waals surface area contributed by atoms with Crippen molar-refractivity contribution in [1.29, 1.82) is 0 Å². The molecular formula is C18H24BrN. The van der Waals surface area contributed by atoms with Crippen molar-refractivity contribution in [3.8, 4) is 0 Å². The van der Waals surface area contributed by atoms with Crippen molar-refractivity contribution in [1.82, 2.24) is 0 Å². The van der Waals surface area contributed by atoms with Crippen molar-refractivity contribution in [3.63, 3.8) is 0 Å². The van der Waals surface area contributed by atoms with E-state index in [1.165, 1.54) is 42.1 Å². The summed E-state index contributed by atoms with van der Waals surface area (Å²) in [5.41, 5.74) is 7.68. The van der Waals surface area contributed by atoms with Crippen LogP contribution in [0.3, 0.4) is 0 Å². The van der Waals surface area contributed by atoms with Gasteiger partial charge in [0.2, 0.25) is 0 Å². The van der Waals surface area contributed by atoms with Crippen molar-refractivity contribution in [2.45, 2.75) is 38.0 Å². The van der Waals surface area contributed by atoms with Crippen molar-refractivity contribution in [2.75, 3.05) is 6.54 Å². The Morgan fingerprint density at radius 2 is 1.60 bits per heavy atom. The Hall–Kier alpha value is -0.340. The van der Waals surface area contributed by atoms with Crippen LogP contribution < -0.4 is 5.73 Å². The number of hydrogen-bond acceptors (Lipinski definition) is 1. The van der Waals surface area contributed by atoms with Gasteiger partial charge < -0.3 is 5.73 Å². The molecule has 0 amide bonds. The highest BCUT2D eigenvalue weighted by atomic mass is 79.9. The molecule has 1 unspecified atom stereocenters. The molecule has 0 heterocycles. The normalized spacial score (nSPS) is 40.0. The van der Waals surface area contributed by atoms with Gasteiger partial charge >= 0.3 is 0 Å². The average molecular weight is 334 g/mol. The Balaban J connectivity index is 1.67. The Bertz CT molecular complexity index is 470. The highest BCUT2D eigenvalue weighted by Gasteiger charge is 2.50. The van der Waals surface area contributed by atoms with E-state index in [-0.39, 0.29) is 0 Å². The summed E-state index contributed by atoms with van der Waals surface area (Å²) in [4.78, 5) is 0. The summed E-state index contributed by atoms with van der Waals surface area (Å²) in [6, 6.07) is 8.73. The summed E-state index contributed by atoms with van der Waals surface area (Å²) >= 11 is 3.75. The maximum absolute atomic E-state index is 6.23. The van der Waals surface area contributed by atoms with Crippen LogP contribution in [0.5, 0.6) is 0 Å². The molecule has 2 N–H and O–H groups in total. The van der Waals surface area contributed by atoms with Crippen LogP contribution in [-0.4, -0.2) is 6.54 Å². The molecule has 0 radical (unpaired) electrons. The van der Waals surface area contributed by atoms with Gasteiger partial charge in [0.25, 0.3) is 0 Å². The summed E-state index contributed by atoms with van der Waals surface area (Å²) in [6.45, 7) is 0.801. The third-order valence-corrected chi connectivity index (χ3v) is 7.05. The maximum atomic E-state index is 6.23. The molecule has 1 nitrogen and oxygen atoms in total. The first kappa shape index (κ1) is 13.3. The molecule has 0 aliphatic heterocycles. The van der Waals surface area contributed by atoms with E-state index < -0.39 is 0 Å². The third-order valence-electron chi connectivity index (χ3n) is 6.32. The fourth-order valence-electron chi connectivity index (χ4n) is 5.89. The molecule has 5 rings (SSSR count). The molecule has 20 heavy (non-hydrogen) atoms. The molecule has 0 spiro atoms. The smallest absolute Gasteiger partial charge is 0.0210 e. The van der Waals surface area contributed by atoms with Crippen molar-refractivity contribution in [2.24, 2.45) is 35.3 Å². The second-order valence-electron chi connectivity index (χ2n) is 7.37. The average Bonchev–Trinajstić information content (AvgIpc) is 2.43. The minimum atomic E-state index is 0.556. The highest BCUT2D eigenvalue weighted by Crippen LogP contribution is 2.59. The first-order valence-electron chi connectivity index (χ1n) is 8.20. The quantitative estimate of drug-likeness (QED) is 0.861. The van der Waals surface area contributed by atoms with Gasteiger partial charge in [-0.15, -0.1) is 0 Å². The van der Waals surface area contributed by atoms with Gasteiger partial charge in [0.15, 0.2) is 0 Å². The summed E-state index contributed by atoms with van der Waals surface area (Å²) in [7, 11) is 0. The van der Waals surface area contributed by atoms with E-state index in [4.69, 9.17) is 5.73 Å². The fraction of sp³-hybridized carbons (Fsp3) is 0.667. The lowest BCUT2D eigenvalue weighted by Gasteiger charge is -2.56. The molecule has 1 atom stereocenters. The SMILES string of the molecule is NCC(c1ccccc1Br)C1C2CC3CC(C2)CC1C3. The molecule has 1 aromatic rings. The van der Waals surface area contributed by atoms with Crippen molar-refractivity contribution in [3.05, 3.63) is 34.3 Å². The lowest BCUT2D eigenvalue weighted by molar-refractivity contribution is -0.0468. The van der Waals surface area contributed by atoms with Gasteiger partial charge in [-0.05, 0) is 79.9 Å². The van der Waals surface area contributed by atoms with Gasteiger partial charge in [0.1, 0.15) is 0 Å². The lowest BCUT2D eigenvalue weighted by Crippen LogP contribution is -2.48. The number of halogens is 1. The summed E-state index contributed by atoms with van der Waals surface area (Å²) in [5, 5.41) is 0. The van der Waals surface area contributed by atoms with Gasteiger partial charge in [-0.2, -0.15) is 0 Å². The molecule has 2 heteroatoms. The Morgan fingerprint density at radius 3 is 2.15 bits per heavy atom. The Labute approximate surface area is 130 Å². The fourth-order valence-corrected chi connectivity index (χ4v) is 6.47. The lowest BCUT2D eigenvalue weighted by atomic mass is 9.49. The van der Waals surface area contributed by atoms with E-state index in [1.54, 1.807) is 0 Å². The predicted molar refractivity (Wildman–Crippen MR) is 86.5 cm³/mol. The van der Waals surface area contributed by atoms with E-state index in [9.17, 15) is 0 Å². The van der Waals surface area contributed by atoms with Crippen LogP contribution >= 0.6 is 15.9 Å². The molecular weight excluding hydrogens is 310 g/mol. The third kappa shape index (κ3) is 2.07. The van der Waals surface area contributed by atoms with Crippen LogP contribution in [0.25, 0.3) is 0 Å². The Morgan fingerprint density at radius 1 is 1.00 bits per heavy atom. The monoisotopic (exact) mass is 333 g/mol. The summed E-state index contributed by atoms with van der Waals surface area (Å²) in [5.74, 6) is 5.39. The van der Waals surface area contributed by atoms with E-state index >= 15 is 0 Å². The van der Waals surface area contributed by atoms with E-state index in [1.807, 2.05) is 0 Å². The number of hydrogen-bond donors (Lipinski definition) is 1. The minimum absolute atomic E-state index is 0.556. The van der Waals surface area contributed by atoms with Gasteiger partial charge in [-0.3, -0.25) is 0 Å². The van der Waals surface area contributed by atoms with E-state index in [2.05, 4.69) is 40.2 Å². The van der Waals surface area contributed by atoms with Crippen LogP contribution in [-0.2, 0) is 0 Å². The predicted octanol–water partition coefficient (Wildman–Crippen LogP) is 4.56. The molecule has 0 aromatic heterocycles. The minimum Gasteiger partial charge on any atom is -0.330 e. The molecule has 108 valence electrons. The van der Waals surface area contributed by atoms with Gasteiger partial charge in [-0.25, -0.2) is 0 Å². The van der Waals surface area contributed by atoms with Crippen LogP contribution in [0, 0.1) is 29.6 Å². The van der Waals surface area contributed by atoms with E-state index in [0.717, 1.165) is 36.1 Å². The number of benzene rings is 1. The number of nitrogens with two attached hydrogens (primary N) is 1. The standard InChI is InChI=1S/C18H24BrN/c19-17-4-2-1-3-15(17)16(10-20)18-13-6-11-5-12(8-13)9-14(18)7-11/h1-4,11-14,16,18H,5-10,20H2. The number of rotatable bonds is 3. The zero-order chi connectivity index (χ0) is 13.7. The van der Waals surface area contributed by atoms with Gasteiger partial charge in [-0.1, -0.05) is 34.1 Å².